The molecular formula is C16H16AsN. The first kappa shape index (κ1) is 11.9. The van der Waals surface area contributed by atoms with Crippen LogP contribution in [-0.4, -0.2) is 20.6 Å². The van der Waals surface area contributed by atoms with Crippen molar-refractivity contribution in [2.24, 2.45) is 0 Å². The molecule has 0 aliphatic rings. The summed E-state index contributed by atoms with van der Waals surface area (Å²) in [6, 6.07) is 15.2. The fourth-order valence-corrected chi connectivity index (χ4v) is 3.34. The van der Waals surface area contributed by atoms with E-state index in [1.807, 2.05) is 0 Å². The predicted octanol–water partition coefficient (Wildman–Crippen LogP) is 4.02. The molecule has 0 unspecified atom stereocenters. The van der Waals surface area contributed by atoms with E-state index in [-0.39, 0.29) is 5.41 Å². The van der Waals surface area contributed by atoms with Gasteiger partial charge in [0.1, 0.15) is 0 Å². The maximum atomic E-state index is 2.66. The number of aromatic nitrogens is 1. The fraction of sp³-hybridized carbons (Fsp3) is 0.250. The molecule has 0 aliphatic heterocycles. The molecular weight excluding hydrogens is 281 g/mol. The van der Waals surface area contributed by atoms with Gasteiger partial charge < -0.3 is 0 Å². The summed E-state index contributed by atoms with van der Waals surface area (Å²) in [6.07, 6.45) is 0. The zero-order valence-corrected chi connectivity index (χ0v) is 12.8. The zero-order valence-electron chi connectivity index (χ0n) is 10.9. The molecule has 3 aromatic rings. The van der Waals surface area contributed by atoms with Gasteiger partial charge >= 0.3 is 117 Å². The topological polar surface area (TPSA) is 4.93 Å². The van der Waals surface area contributed by atoms with E-state index in [4.69, 9.17) is 0 Å². The molecule has 1 heterocycles. The van der Waals surface area contributed by atoms with Gasteiger partial charge in [-0.15, -0.1) is 0 Å². The fourth-order valence-electron chi connectivity index (χ4n) is 2.62. The van der Waals surface area contributed by atoms with Crippen molar-refractivity contribution < 1.29 is 0 Å². The summed E-state index contributed by atoms with van der Waals surface area (Å²) in [5.74, 6) is 0. The van der Waals surface area contributed by atoms with Crippen LogP contribution in [0.1, 0.15) is 26.3 Å². The van der Waals surface area contributed by atoms with Gasteiger partial charge in [-0.3, -0.25) is 0 Å². The number of rotatable bonds is 0. The van der Waals surface area contributed by atoms with Crippen LogP contribution >= 0.6 is 0 Å². The summed E-state index contributed by atoms with van der Waals surface area (Å²) in [7, 11) is 0. The van der Waals surface area contributed by atoms with E-state index >= 15 is 0 Å². The van der Waals surface area contributed by atoms with E-state index in [1.54, 1.807) is 0 Å². The zero-order chi connectivity index (χ0) is 12.9. The molecule has 1 nitrogen and oxygen atoms in total. The van der Waals surface area contributed by atoms with Crippen molar-refractivity contribution in [1.82, 2.24) is 3.48 Å². The number of benzene rings is 2. The molecule has 18 heavy (non-hydrogen) atoms. The number of para-hydroxylation sites is 1. The van der Waals surface area contributed by atoms with Gasteiger partial charge in [-0.2, -0.15) is 0 Å². The van der Waals surface area contributed by atoms with Crippen molar-refractivity contribution in [2.45, 2.75) is 26.2 Å². The number of nitrogens with zero attached hydrogens (tertiary/aromatic N) is 1. The Kier molecular flexibility index (Phi) is 2.57. The van der Waals surface area contributed by atoms with Crippen molar-refractivity contribution in [3.05, 3.63) is 48.0 Å². The van der Waals surface area contributed by atoms with Crippen molar-refractivity contribution in [1.29, 1.82) is 0 Å². The van der Waals surface area contributed by atoms with Crippen LogP contribution in [0.15, 0.2) is 42.5 Å². The van der Waals surface area contributed by atoms with Crippen LogP contribution < -0.4 is 0 Å². The molecule has 0 saturated heterocycles. The molecule has 90 valence electrons. The molecule has 0 fully saturated rings. The van der Waals surface area contributed by atoms with Crippen LogP contribution in [0.2, 0.25) is 0 Å². The number of hydrogen-bond acceptors (Lipinski definition) is 0. The van der Waals surface area contributed by atoms with Crippen LogP contribution in [0.5, 0.6) is 0 Å². The third-order valence-electron chi connectivity index (χ3n) is 3.48. The van der Waals surface area contributed by atoms with Crippen LogP contribution in [0.4, 0.5) is 0 Å². The molecule has 0 atom stereocenters. The Morgan fingerprint density at radius 2 is 1.56 bits per heavy atom. The molecule has 2 heteroatoms. The van der Waals surface area contributed by atoms with Crippen molar-refractivity contribution >= 4 is 38.9 Å². The van der Waals surface area contributed by atoms with Crippen molar-refractivity contribution in [3.8, 4) is 0 Å². The summed E-state index contributed by atoms with van der Waals surface area (Å²) in [5, 5.41) is 2.74. The third kappa shape index (κ3) is 1.61. The van der Waals surface area contributed by atoms with E-state index in [2.05, 4.69) is 83.8 Å². The Hall–Kier alpha value is -1.20. The monoisotopic (exact) mass is 297 g/mol. The summed E-state index contributed by atoms with van der Waals surface area (Å²) in [4.78, 5) is 0. The average Bonchev–Trinajstić information content (AvgIpc) is 2.63. The Balaban J connectivity index is 2.58. The second-order valence-electron chi connectivity index (χ2n) is 5.78. The van der Waals surface area contributed by atoms with Gasteiger partial charge in [-0.25, -0.2) is 0 Å². The van der Waals surface area contributed by atoms with E-state index in [9.17, 15) is 0 Å². The maximum absolute atomic E-state index is 2.66. The average molecular weight is 297 g/mol. The molecule has 2 radical (unpaired) electrons. The first-order chi connectivity index (χ1) is 8.50. The number of hydrogen-bond donors (Lipinski definition) is 0. The summed E-state index contributed by atoms with van der Waals surface area (Å²) >= 11 is 2.66. The SMILES string of the molecule is CC(C)(C)c1cccc2c1c1ccccc1n2[As]. The second kappa shape index (κ2) is 3.90. The molecule has 0 N–H and O–H groups in total. The van der Waals surface area contributed by atoms with Crippen LogP contribution in [0.25, 0.3) is 21.8 Å². The quantitative estimate of drug-likeness (QED) is 0.552. The van der Waals surface area contributed by atoms with Gasteiger partial charge in [0.2, 0.25) is 0 Å². The third-order valence-corrected chi connectivity index (χ3v) is 4.38. The Morgan fingerprint density at radius 1 is 0.889 bits per heavy atom. The van der Waals surface area contributed by atoms with Crippen LogP contribution in [-0.2, 0) is 5.41 Å². The second-order valence-corrected chi connectivity index (χ2v) is 6.62. The van der Waals surface area contributed by atoms with E-state index in [1.165, 1.54) is 27.4 Å². The van der Waals surface area contributed by atoms with Gasteiger partial charge in [0.15, 0.2) is 0 Å². The first-order valence-corrected chi connectivity index (χ1v) is 7.06. The van der Waals surface area contributed by atoms with Crippen LogP contribution in [0.3, 0.4) is 0 Å². The minimum atomic E-state index is 0.163. The van der Waals surface area contributed by atoms with E-state index in [0.717, 1.165) is 0 Å². The summed E-state index contributed by atoms with van der Waals surface area (Å²) < 4.78 is 2.23. The summed E-state index contributed by atoms with van der Waals surface area (Å²) in [6.45, 7) is 6.83. The minimum absolute atomic E-state index is 0.163. The summed E-state index contributed by atoms with van der Waals surface area (Å²) in [5.41, 5.74) is 4.16. The van der Waals surface area contributed by atoms with Gasteiger partial charge in [0, 0.05) is 0 Å². The number of fused-ring (bicyclic) bond motifs is 3. The normalized spacial score (nSPS) is 12.4. The van der Waals surface area contributed by atoms with Gasteiger partial charge in [0.05, 0.1) is 0 Å². The molecule has 3 rings (SSSR count). The molecule has 0 bridgehead atoms. The predicted molar refractivity (Wildman–Crippen MR) is 79.3 cm³/mol. The van der Waals surface area contributed by atoms with E-state index in [0.29, 0.717) is 0 Å². The Bertz CT molecular complexity index is 732. The van der Waals surface area contributed by atoms with Gasteiger partial charge in [-0.1, -0.05) is 0 Å². The van der Waals surface area contributed by atoms with Gasteiger partial charge in [-0.05, 0) is 0 Å². The van der Waals surface area contributed by atoms with Crippen molar-refractivity contribution in [3.63, 3.8) is 0 Å². The first-order valence-electron chi connectivity index (χ1n) is 6.22. The molecule has 0 aliphatic carbocycles. The Morgan fingerprint density at radius 3 is 2.28 bits per heavy atom. The van der Waals surface area contributed by atoms with Crippen LogP contribution in [0, 0.1) is 0 Å². The standard InChI is InChI=1S/C16H16AsN/c1-16(2,3)12-8-6-10-14-15(12)11-7-4-5-9-13(11)18(14)17/h4-10H,1-3H3. The van der Waals surface area contributed by atoms with Gasteiger partial charge in [0.25, 0.3) is 0 Å². The molecule has 0 amide bonds. The molecule has 0 spiro atoms. The molecule has 1 aromatic heterocycles. The molecule has 0 saturated carbocycles. The Labute approximate surface area is 117 Å². The van der Waals surface area contributed by atoms with E-state index < -0.39 is 0 Å². The van der Waals surface area contributed by atoms with Crippen molar-refractivity contribution in [2.75, 3.05) is 0 Å². The molecule has 2 aromatic carbocycles.